The highest BCUT2D eigenvalue weighted by Gasteiger charge is 2.50. The summed E-state index contributed by atoms with van der Waals surface area (Å²) in [5, 5.41) is 4.48. The van der Waals surface area contributed by atoms with Crippen LogP contribution in [-0.4, -0.2) is 81.4 Å². The summed E-state index contributed by atoms with van der Waals surface area (Å²) in [6.07, 6.45) is 5.49. The molecule has 4 aliphatic rings. The lowest BCUT2D eigenvalue weighted by Gasteiger charge is -2.34. The van der Waals surface area contributed by atoms with Crippen LogP contribution in [0.15, 0.2) is 39.8 Å². The van der Waals surface area contributed by atoms with Gasteiger partial charge in [0, 0.05) is 60.5 Å². The number of amides is 1. The standard InChI is InChI=1S/C31H37N5O4S/c1-34-10-4-13-36(15-14-34)30(37)20-16-25(38-2)28(26(17-20)39-3)41-33-29-23-19-31(8-9-31)24-7-6-21(35-11-5-12-35)18-22(24)27(23)40-32-29/h6-7,16-18H,4-5,8-15,19H2,1-3H3,(H,32,33). The minimum absolute atomic E-state index is 0.00188. The van der Waals surface area contributed by atoms with E-state index in [0.717, 1.165) is 67.6 Å². The summed E-state index contributed by atoms with van der Waals surface area (Å²) in [5.74, 6) is 2.76. The maximum Gasteiger partial charge on any atom is 0.254 e. The first-order valence-electron chi connectivity index (χ1n) is 14.5. The van der Waals surface area contributed by atoms with Gasteiger partial charge in [-0.3, -0.25) is 4.79 Å². The highest BCUT2D eigenvalue weighted by molar-refractivity contribution is 8.00. The Morgan fingerprint density at radius 1 is 1.00 bits per heavy atom. The first-order chi connectivity index (χ1) is 20.0. The summed E-state index contributed by atoms with van der Waals surface area (Å²) in [6.45, 7) is 5.54. The molecule has 9 nitrogen and oxygen atoms in total. The van der Waals surface area contributed by atoms with E-state index in [1.807, 2.05) is 17.0 Å². The molecule has 1 N–H and O–H groups in total. The first-order valence-corrected chi connectivity index (χ1v) is 15.4. The fourth-order valence-electron chi connectivity index (χ4n) is 6.38. The van der Waals surface area contributed by atoms with E-state index < -0.39 is 0 Å². The Hall–Kier alpha value is -3.37. The van der Waals surface area contributed by atoms with Gasteiger partial charge in [0.05, 0.1) is 14.2 Å². The van der Waals surface area contributed by atoms with Crippen molar-refractivity contribution in [3.8, 4) is 22.8 Å². The maximum atomic E-state index is 13.4. The average molecular weight is 576 g/mol. The molecule has 0 radical (unpaired) electrons. The van der Waals surface area contributed by atoms with Gasteiger partial charge < -0.3 is 33.4 Å². The molecule has 1 spiro atoms. The van der Waals surface area contributed by atoms with Crippen LogP contribution in [-0.2, 0) is 11.8 Å². The van der Waals surface area contributed by atoms with Crippen LogP contribution in [0.5, 0.6) is 11.5 Å². The van der Waals surface area contributed by atoms with Gasteiger partial charge in [0.15, 0.2) is 11.6 Å². The molecule has 41 heavy (non-hydrogen) atoms. The van der Waals surface area contributed by atoms with Gasteiger partial charge >= 0.3 is 0 Å². The molecule has 2 saturated heterocycles. The molecular formula is C31H37N5O4S. The molecule has 216 valence electrons. The van der Waals surface area contributed by atoms with Crippen LogP contribution in [0.1, 0.15) is 47.2 Å². The normalized spacial score (nSPS) is 19.2. The van der Waals surface area contributed by atoms with Crippen molar-refractivity contribution in [2.45, 2.75) is 42.4 Å². The van der Waals surface area contributed by atoms with Crippen LogP contribution in [0.3, 0.4) is 0 Å². The Morgan fingerprint density at radius 3 is 2.44 bits per heavy atom. The number of methoxy groups -OCH3 is 2. The Kier molecular flexibility index (Phi) is 6.78. The van der Waals surface area contributed by atoms with Gasteiger partial charge in [0.1, 0.15) is 16.4 Å². The number of hydrogen-bond acceptors (Lipinski definition) is 9. The molecule has 0 bridgehead atoms. The van der Waals surface area contributed by atoms with Crippen LogP contribution in [0.4, 0.5) is 11.5 Å². The molecule has 10 heteroatoms. The quantitative estimate of drug-likeness (QED) is 0.389. The van der Waals surface area contributed by atoms with E-state index in [0.29, 0.717) is 23.6 Å². The van der Waals surface area contributed by atoms with Crippen molar-refractivity contribution in [3.05, 3.63) is 47.0 Å². The van der Waals surface area contributed by atoms with Gasteiger partial charge in [-0.1, -0.05) is 11.2 Å². The van der Waals surface area contributed by atoms with Crippen LogP contribution in [0.2, 0.25) is 0 Å². The lowest BCUT2D eigenvalue weighted by molar-refractivity contribution is 0.0762. The highest BCUT2D eigenvalue weighted by atomic mass is 32.2. The molecule has 0 unspecified atom stereocenters. The van der Waals surface area contributed by atoms with Crippen molar-refractivity contribution in [1.82, 2.24) is 15.0 Å². The predicted octanol–water partition coefficient (Wildman–Crippen LogP) is 5.05. The smallest absolute Gasteiger partial charge is 0.254 e. The molecular weight excluding hydrogens is 538 g/mol. The van der Waals surface area contributed by atoms with E-state index in [1.54, 1.807) is 14.2 Å². The number of aromatic nitrogens is 1. The van der Waals surface area contributed by atoms with E-state index >= 15 is 0 Å². The minimum Gasteiger partial charge on any atom is -0.495 e. The molecule has 1 saturated carbocycles. The van der Waals surface area contributed by atoms with Crippen molar-refractivity contribution in [1.29, 1.82) is 0 Å². The van der Waals surface area contributed by atoms with Gasteiger partial charge in [-0.15, -0.1) is 0 Å². The summed E-state index contributed by atoms with van der Waals surface area (Å²) in [7, 11) is 5.34. The number of hydrogen-bond donors (Lipinski definition) is 1. The molecule has 3 heterocycles. The zero-order chi connectivity index (χ0) is 28.1. The number of carbonyl (C=O) groups is 1. The number of nitrogens with zero attached hydrogens (tertiary/aromatic N) is 4. The third-order valence-electron chi connectivity index (χ3n) is 9.16. The molecule has 2 aliphatic heterocycles. The van der Waals surface area contributed by atoms with E-state index in [1.165, 1.54) is 48.0 Å². The molecule has 1 amide bonds. The third-order valence-corrected chi connectivity index (χ3v) is 10.1. The van der Waals surface area contributed by atoms with E-state index in [-0.39, 0.29) is 11.3 Å². The largest absolute Gasteiger partial charge is 0.495 e. The number of benzene rings is 2. The van der Waals surface area contributed by atoms with Crippen molar-refractivity contribution < 1.29 is 18.8 Å². The van der Waals surface area contributed by atoms with E-state index in [2.05, 4.69) is 44.9 Å². The monoisotopic (exact) mass is 575 g/mol. The summed E-state index contributed by atoms with van der Waals surface area (Å²) < 4.78 is 21.0. The maximum absolute atomic E-state index is 13.4. The van der Waals surface area contributed by atoms with Gasteiger partial charge in [0.25, 0.3) is 5.91 Å². The fraction of sp³-hybridized carbons (Fsp3) is 0.484. The molecule has 2 aliphatic carbocycles. The number of likely N-dealkylation sites (N-methyl/N-ethyl adjacent to an activating group) is 1. The summed E-state index contributed by atoms with van der Waals surface area (Å²) in [5.41, 5.74) is 5.70. The number of carbonyl (C=O) groups excluding carboxylic acids is 1. The van der Waals surface area contributed by atoms with E-state index in [4.69, 9.17) is 14.0 Å². The number of ether oxygens (including phenoxy) is 2. The Morgan fingerprint density at radius 2 is 1.76 bits per heavy atom. The second kappa shape index (κ2) is 10.5. The van der Waals surface area contributed by atoms with Crippen LogP contribution < -0.4 is 19.1 Å². The number of rotatable bonds is 7. The first kappa shape index (κ1) is 26.5. The molecule has 3 aromatic rings. The van der Waals surface area contributed by atoms with Crippen molar-refractivity contribution in [3.63, 3.8) is 0 Å². The van der Waals surface area contributed by atoms with Crippen molar-refractivity contribution >= 4 is 29.4 Å². The summed E-state index contributed by atoms with van der Waals surface area (Å²) in [4.78, 5) is 20.8. The number of fused-ring (bicyclic) bond motifs is 4. The van der Waals surface area contributed by atoms with Gasteiger partial charge in [-0.05, 0) is 87.5 Å². The average Bonchev–Trinajstić information content (AvgIpc) is 3.67. The Bertz CT molecular complexity index is 1460. The third kappa shape index (κ3) is 4.70. The number of anilines is 2. The van der Waals surface area contributed by atoms with Crippen LogP contribution in [0.25, 0.3) is 11.3 Å². The second-order valence-electron chi connectivity index (χ2n) is 11.7. The zero-order valence-corrected chi connectivity index (χ0v) is 24.8. The van der Waals surface area contributed by atoms with Crippen molar-refractivity contribution in [2.24, 2.45) is 0 Å². The minimum atomic E-state index is -0.00188. The Balaban J connectivity index is 1.15. The van der Waals surface area contributed by atoms with Gasteiger partial charge in [0.2, 0.25) is 0 Å². The molecule has 7 rings (SSSR count). The molecule has 0 atom stereocenters. The lowest BCUT2D eigenvalue weighted by atomic mass is 9.79. The highest BCUT2D eigenvalue weighted by Crippen LogP contribution is 2.59. The zero-order valence-electron chi connectivity index (χ0n) is 24.0. The second-order valence-corrected chi connectivity index (χ2v) is 12.5. The Labute approximate surface area is 245 Å². The number of nitrogens with one attached hydrogen (secondary N) is 1. The van der Waals surface area contributed by atoms with Crippen LogP contribution >= 0.6 is 11.9 Å². The topological polar surface area (TPSA) is 83.3 Å². The van der Waals surface area contributed by atoms with E-state index in [9.17, 15) is 4.79 Å². The van der Waals surface area contributed by atoms with Crippen molar-refractivity contribution in [2.75, 3.05) is 70.2 Å². The molecule has 1 aromatic heterocycles. The fourth-order valence-corrected chi connectivity index (χ4v) is 7.23. The SMILES string of the molecule is COc1cc(C(=O)N2CCCN(C)CC2)cc(OC)c1SNc1noc2c1CC1(CC1)c1ccc(N3CCC3)cc1-2. The van der Waals surface area contributed by atoms with Gasteiger partial charge in [-0.2, -0.15) is 0 Å². The van der Waals surface area contributed by atoms with Gasteiger partial charge in [-0.25, -0.2) is 0 Å². The predicted molar refractivity (Wildman–Crippen MR) is 160 cm³/mol. The van der Waals surface area contributed by atoms with Crippen LogP contribution in [0, 0.1) is 0 Å². The summed E-state index contributed by atoms with van der Waals surface area (Å²) >= 11 is 1.37. The molecule has 3 fully saturated rings. The lowest BCUT2D eigenvalue weighted by Crippen LogP contribution is -2.37. The molecule has 2 aromatic carbocycles. The summed E-state index contributed by atoms with van der Waals surface area (Å²) in [6, 6.07) is 10.5.